The van der Waals surface area contributed by atoms with Gasteiger partial charge in [-0.25, -0.2) is 0 Å². The Kier molecular flexibility index (Phi) is 5.30. The van der Waals surface area contributed by atoms with E-state index in [0.29, 0.717) is 17.5 Å². The molecule has 3 rings (SSSR count). The number of carbonyl (C=O) groups is 1. The van der Waals surface area contributed by atoms with Crippen molar-refractivity contribution in [2.24, 2.45) is 13.0 Å². The Morgan fingerprint density at radius 3 is 2.72 bits per heavy atom. The molecule has 1 amide bonds. The molecule has 9 nitrogen and oxygen atoms in total. The Hall–Kier alpha value is -2.45. The molecule has 136 valence electrons. The summed E-state index contributed by atoms with van der Waals surface area (Å²) in [5.74, 6) is 1.33. The van der Waals surface area contributed by atoms with Crippen LogP contribution < -0.4 is 10.1 Å². The van der Waals surface area contributed by atoms with Crippen molar-refractivity contribution in [1.29, 1.82) is 0 Å². The van der Waals surface area contributed by atoms with E-state index in [1.54, 1.807) is 4.68 Å². The summed E-state index contributed by atoms with van der Waals surface area (Å²) < 4.78 is 7.44. The van der Waals surface area contributed by atoms with Crippen LogP contribution in [0.25, 0.3) is 0 Å². The number of ether oxygens (including phenoxy) is 1. The van der Waals surface area contributed by atoms with E-state index in [1.165, 1.54) is 19.3 Å². The molecule has 0 radical (unpaired) electrons. The van der Waals surface area contributed by atoms with Gasteiger partial charge in [-0.3, -0.25) is 9.48 Å². The van der Waals surface area contributed by atoms with Gasteiger partial charge in [0.1, 0.15) is 5.69 Å². The van der Waals surface area contributed by atoms with E-state index in [2.05, 4.69) is 31.0 Å². The molecular formula is C16H25N7O2. The van der Waals surface area contributed by atoms with E-state index in [-0.39, 0.29) is 18.6 Å². The summed E-state index contributed by atoms with van der Waals surface area (Å²) in [4.78, 5) is 12.4. The van der Waals surface area contributed by atoms with Gasteiger partial charge >= 0.3 is 0 Å². The summed E-state index contributed by atoms with van der Waals surface area (Å²) in [6.07, 6.45) is 5.69. The van der Waals surface area contributed by atoms with Gasteiger partial charge in [-0.2, -0.15) is 10.3 Å². The zero-order valence-corrected chi connectivity index (χ0v) is 14.9. The standard InChI is InChI=1S/C16H25N7O2/c1-10-15(11(2)23(3)20-10)25-9-13(24)17-14(16-18-21-22-19-16)12-7-5-4-6-8-12/h12,14H,4-9H2,1-3H3,(H,17,24)(H,18,19,21,22). The van der Waals surface area contributed by atoms with Gasteiger partial charge in [0.05, 0.1) is 11.7 Å². The summed E-state index contributed by atoms with van der Waals surface area (Å²) >= 11 is 0. The van der Waals surface area contributed by atoms with Gasteiger partial charge in [0.2, 0.25) is 0 Å². The number of aromatic amines is 1. The SMILES string of the molecule is Cc1nn(C)c(C)c1OCC(=O)NC(c1nn[nH]n1)C1CCCCC1. The van der Waals surface area contributed by atoms with E-state index < -0.39 is 0 Å². The molecule has 1 aliphatic carbocycles. The molecule has 1 fully saturated rings. The highest BCUT2D eigenvalue weighted by molar-refractivity contribution is 5.78. The van der Waals surface area contributed by atoms with E-state index in [1.807, 2.05) is 20.9 Å². The number of nitrogens with zero attached hydrogens (tertiary/aromatic N) is 5. The Bertz CT molecular complexity index is 704. The molecule has 1 saturated carbocycles. The minimum atomic E-state index is -0.230. The van der Waals surface area contributed by atoms with Crippen LogP contribution in [0.5, 0.6) is 5.75 Å². The molecule has 2 heterocycles. The lowest BCUT2D eigenvalue weighted by Crippen LogP contribution is -2.38. The maximum absolute atomic E-state index is 12.4. The molecule has 0 bridgehead atoms. The summed E-state index contributed by atoms with van der Waals surface area (Å²) in [6, 6.07) is -0.230. The molecular weight excluding hydrogens is 322 g/mol. The maximum Gasteiger partial charge on any atom is 0.258 e. The molecule has 2 N–H and O–H groups in total. The van der Waals surface area contributed by atoms with Crippen molar-refractivity contribution in [2.45, 2.75) is 52.0 Å². The molecule has 0 aliphatic heterocycles. The first-order chi connectivity index (χ1) is 12.1. The smallest absolute Gasteiger partial charge is 0.258 e. The average molecular weight is 347 g/mol. The number of carbonyl (C=O) groups excluding carboxylic acids is 1. The topological polar surface area (TPSA) is 111 Å². The normalized spacial score (nSPS) is 16.6. The molecule has 0 spiro atoms. The quantitative estimate of drug-likeness (QED) is 0.816. The first-order valence-corrected chi connectivity index (χ1v) is 8.72. The van der Waals surface area contributed by atoms with Crippen LogP contribution in [0.2, 0.25) is 0 Å². The summed E-state index contributed by atoms with van der Waals surface area (Å²) in [5, 5.41) is 21.6. The lowest BCUT2D eigenvalue weighted by molar-refractivity contribution is -0.124. The summed E-state index contributed by atoms with van der Waals surface area (Å²) in [7, 11) is 1.85. The Morgan fingerprint density at radius 2 is 2.12 bits per heavy atom. The number of H-pyrrole nitrogens is 1. The van der Waals surface area contributed by atoms with E-state index >= 15 is 0 Å². The minimum Gasteiger partial charge on any atom is -0.480 e. The third-order valence-electron chi connectivity index (χ3n) is 4.87. The fourth-order valence-electron chi connectivity index (χ4n) is 3.48. The Labute approximate surface area is 146 Å². The second-order valence-electron chi connectivity index (χ2n) is 6.63. The maximum atomic E-state index is 12.4. The number of aromatic nitrogens is 6. The van der Waals surface area contributed by atoms with Crippen LogP contribution in [0.1, 0.15) is 55.4 Å². The van der Waals surface area contributed by atoms with Gasteiger partial charge in [-0.05, 0) is 32.6 Å². The van der Waals surface area contributed by atoms with Crippen molar-refractivity contribution >= 4 is 5.91 Å². The number of amides is 1. The fourth-order valence-corrected chi connectivity index (χ4v) is 3.48. The zero-order valence-electron chi connectivity index (χ0n) is 14.9. The molecule has 1 aliphatic rings. The third kappa shape index (κ3) is 3.97. The van der Waals surface area contributed by atoms with Gasteiger partial charge < -0.3 is 10.1 Å². The number of hydrogen-bond acceptors (Lipinski definition) is 6. The van der Waals surface area contributed by atoms with E-state index in [9.17, 15) is 4.79 Å². The highest BCUT2D eigenvalue weighted by atomic mass is 16.5. The number of rotatable bonds is 6. The largest absolute Gasteiger partial charge is 0.480 e. The number of hydrogen-bond donors (Lipinski definition) is 2. The van der Waals surface area contributed by atoms with Gasteiger partial charge in [-0.15, -0.1) is 10.2 Å². The summed E-state index contributed by atoms with van der Waals surface area (Å²) in [6.45, 7) is 3.72. The number of nitrogens with one attached hydrogen (secondary N) is 2. The average Bonchev–Trinajstić information content (AvgIpc) is 3.21. The van der Waals surface area contributed by atoms with Crippen LogP contribution in [-0.4, -0.2) is 42.9 Å². The monoisotopic (exact) mass is 347 g/mol. The van der Waals surface area contributed by atoms with Crippen molar-refractivity contribution in [3.8, 4) is 5.75 Å². The lowest BCUT2D eigenvalue weighted by Gasteiger charge is -2.28. The predicted octanol–water partition coefficient (Wildman–Crippen LogP) is 1.37. The minimum absolute atomic E-state index is 0.0611. The Balaban J connectivity index is 1.64. The Morgan fingerprint density at radius 1 is 1.36 bits per heavy atom. The van der Waals surface area contributed by atoms with Gasteiger partial charge in [0.25, 0.3) is 5.91 Å². The van der Waals surface area contributed by atoms with Crippen LogP contribution in [0.4, 0.5) is 0 Å². The lowest BCUT2D eigenvalue weighted by atomic mass is 9.83. The van der Waals surface area contributed by atoms with Crippen LogP contribution in [0.15, 0.2) is 0 Å². The predicted molar refractivity (Wildman–Crippen MR) is 89.8 cm³/mol. The molecule has 25 heavy (non-hydrogen) atoms. The zero-order chi connectivity index (χ0) is 17.8. The highest BCUT2D eigenvalue weighted by Crippen LogP contribution is 2.33. The second kappa shape index (κ2) is 7.62. The molecule has 1 unspecified atom stereocenters. The molecule has 1 atom stereocenters. The van der Waals surface area contributed by atoms with Crippen LogP contribution in [0, 0.1) is 19.8 Å². The van der Waals surface area contributed by atoms with E-state index in [0.717, 1.165) is 24.2 Å². The van der Waals surface area contributed by atoms with Gasteiger partial charge in [-0.1, -0.05) is 24.5 Å². The van der Waals surface area contributed by atoms with Crippen LogP contribution in [-0.2, 0) is 11.8 Å². The van der Waals surface area contributed by atoms with Crippen molar-refractivity contribution in [2.75, 3.05) is 6.61 Å². The first-order valence-electron chi connectivity index (χ1n) is 8.72. The van der Waals surface area contributed by atoms with E-state index in [4.69, 9.17) is 4.74 Å². The molecule has 0 aromatic carbocycles. The molecule has 9 heteroatoms. The van der Waals surface area contributed by atoms with Crippen molar-refractivity contribution < 1.29 is 9.53 Å². The molecule has 0 saturated heterocycles. The van der Waals surface area contributed by atoms with Gasteiger partial charge in [0, 0.05) is 7.05 Å². The van der Waals surface area contributed by atoms with Crippen molar-refractivity contribution in [1.82, 2.24) is 35.7 Å². The highest BCUT2D eigenvalue weighted by Gasteiger charge is 2.29. The number of tetrazole rings is 1. The second-order valence-corrected chi connectivity index (χ2v) is 6.63. The van der Waals surface area contributed by atoms with Crippen LogP contribution >= 0.6 is 0 Å². The fraction of sp³-hybridized carbons (Fsp3) is 0.688. The molecule has 2 aromatic heterocycles. The number of aryl methyl sites for hydroxylation is 2. The molecule has 2 aromatic rings. The van der Waals surface area contributed by atoms with Crippen molar-refractivity contribution in [3.05, 3.63) is 17.2 Å². The van der Waals surface area contributed by atoms with Crippen LogP contribution in [0.3, 0.4) is 0 Å². The van der Waals surface area contributed by atoms with Gasteiger partial charge in [0.15, 0.2) is 18.2 Å². The summed E-state index contributed by atoms with van der Waals surface area (Å²) in [5.41, 5.74) is 1.67. The third-order valence-corrected chi connectivity index (χ3v) is 4.87. The van der Waals surface area contributed by atoms with Crippen molar-refractivity contribution in [3.63, 3.8) is 0 Å². The first kappa shape index (κ1) is 17.4.